The van der Waals surface area contributed by atoms with Gasteiger partial charge in [0.25, 0.3) is 0 Å². The standard InChI is InChI=1S/C16H24N2O2/c1-16(2,20-3)9-10-17-13-6-4-7-14(12-13)18-11-5-8-15(18)19/h4,6-7,12,17H,5,8-11H2,1-3H3. The zero-order chi connectivity index (χ0) is 14.6. The van der Waals surface area contributed by atoms with Crippen molar-refractivity contribution in [3.05, 3.63) is 24.3 Å². The maximum Gasteiger partial charge on any atom is 0.227 e. The second-order valence-electron chi connectivity index (χ2n) is 5.84. The van der Waals surface area contributed by atoms with Gasteiger partial charge < -0.3 is 15.0 Å². The third kappa shape index (κ3) is 3.73. The van der Waals surface area contributed by atoms with Gasteiger partial charge in [0.1, 0.15) is 0 Å². The summed E-state index contributed by atoms with van der Waals surface area (Å²) < 4.78 is 5.40. The van der Waals surface area contributed by atoms with Crippen LogP contribution in [0.1, 0.15) is 33.1 Å². The lowest BCUT2D eigenvalue weighted by Gasteiger charge is -2.23. The molecule has 4 nitrogen and oxygen atoms in total. The van der Waals surface area contributed by atoms with Crippen molar-refractivity contribution in [3.63, 3.8) is 0 Å². The lowest BCUT2D eigenvalue weighted by Crippen LogP contribution is -2.26. The number of carbonyl (C=O) groups excluding carboxylic acids is 1. The molecule has 0 saturated carbocycles. The molecule has 1 aliphatic rings. The van der Waals surface area contributed by atoms with E-state index in [1.165, 1.54) is 0 Å². The van der Waals surface area contributed by atoms with Crippen LogP contribution in [0.2, 0.25) is 0 Å². The third-order valence-corrected chi connectivity index (χ3v) is 3.84. The van der Waals surface area contributed by atoms with Crippen LogP contribution >= 0.6 is 0 Å². The Kier molecular flexibility index (Phi) is 4.65. The van der Waals surface area contributed by atoms with E-state index in [1.807, 2.05) is 29.2 Å². The van der Waals surface area contributed by atoms with Crippen LogP contribution in [0.3, 0.4) is 0 Å². The molecule has 1 aliphatic heterocycles. The topological polar surface area (TPSA) is 41.6 Å². The Balaban J connectivity index is 1.94. The van der Waals surface area contributed by atoms with E-state index in [0.29, 0.717) is 6.42 Å². The molecule has 0 aromatic heterocycles. The molecule has 2 rings (SSSR count). The first-order chi connectivity index (χ1) is 9.52. The summed E-state index contributed by atoms with van der Waals surface area (Å²) in [6.45, 7) is 5.83. The molecule has 1 saturated heterocycles. The molecule has 4 heteroatoms. The zero-order valence-electron chi connectivity index (χ0n) is 12.6. The number of carbonyl (C=O) groups is 1. The molecule has 1 N–H and O–H groups in total. The quantitative estimate of drug-likeness (QED) is 0.868. The highest BCUT2D eigenvalue weighted by Gasteiger charge is 2.21. The van der Waals surface area contributed by atoms with Crippen LogP contribution < -0.4 is 10.2 Å². The number of nitrogens with zero attached hydrogens (tertiary/aromatic N) is 1. The lowest BCUT2D eigenvalue weighted by atomic mass is 10.1. The highest BCUT2D eigenvalue weighted by molar-refractivity contribution is 5.95. The maximum atomic E-state index is 11.8. The number of hydrogen-bond acceptors (Lipinski definition) is 3. The smallest absolute Gasteiger partial charge is 0.227 e. The van der Waals surface area contributed by atoms with Gasteiger partial charge in [-0.3, -0.25) is 4.79 Å². The summed E-state index contributed by atoms with van der Waals surface area (Å²) in [5, 5.41) is 3.40. The molecule has 1 aromatic carbocycles. The predicted octanol–water partition coefficient (Wildman–Crippen LogP) is 3.04. The Morgan fingerprint density at radius 1 is 1.40 bits per heavy atom. The average molecular weight is 276 g/mol. The molecule has 0 unspecified atom stereocenters. The van der Waals surface area contributed by atoms with Gasteiger partial charge in [-0.05, 0) is 44.9 Å². The Labute approximate surface area is 121 Å². The molecule has 110 valence electrons. The number of anilines is 2. The van der Waals surface area contributed by atoms with Crippen molar-refractivity contribution >= 4 is 17.3 Å². The first-order valence-electron chi connectivity index (χ1n) is 7.21. The van der Waals surface area contributed by atoms with E-state index in [1.54, 1.807) is 7.11 Å². The summed E-state index contributed by atoms with van der Waals surface area (Å²) in [5.41, 5.74) is 1.92. The van der Waals surface area contributed by atoms with Crippen molar-refractivity contribution in [2.24, 2.45) is 0 Å². The van der Waals surface area contributed by atoms with Crippen molar-refractivity contribution in [3.8, 4) is 0 Å². The highest BCUT2D eigenvalue weighted by Crippen LogP contribution is 2.24. The van der Waals surface area contributed by atoms with Crippen LogP contribution in [-0.4, -0.2) is 31.7 Å². The molecule has 0 aliphatic carbocycles. The minimum absolute atomic E-state index is 0.116. The zero-order valence-corrected chi connectivity index (χ0v) is 12.6. The Bertz CT molecular complexity index is 471. The van der Waals surface area contributed by atoms with Crippen LogP contribution in [0.5, 0.6) is 0 Å². The van der Waals surface area contributed by atoms with E-state index < -0.39 is 0 Å². The van der Waals surface area contributed by atoms with E-state index in [4.69, 9.17) is 4.74 Å². The molecular weight excluding hydrogens is 252 g/mol. The number of benzene rings is 1. The lowest BCUT2D eigenvalue weighted by molar-refractivity contribution is -0.117. The number of amides is 1. The molecule has 1 fully saturated rings. The van der Waals surface area contributed by atoms with Crippen LogP contribution in [0.25, 0.3) is 0 Å². The molecule has 0 radical (unpaired) electrons. The average Bonchev–Trinajstić information content (AvgIpc) is 2.85. The molecular formula is C16H24N2O2. The fourth-order valence-corrected chi connectivity index (χ4v) is 2.31. The molecule has 20 heavy (non-hydrogen) atoms. The number of ether oxygens (including phenoxy) is 1. The fraction of sp³-hybridized carbons (Fsp3) is 0.562. The number of methoxy groups -OCH3 is 1. The van der Waals surface area contributed by atoms with Crippen molar-refractivity contribution < 1.29 is 9.53 Å². The van der Waals surface area contributed by atoms with Gasteiger partial charge in [-0.1, -0.05) is 6.07 Å². The van der Waals surface area contributed by atoms with Gasteiger partial charge in [-0.2, -0.15) is 0 Å². The second-order valence-corrected chi connectivity index (χ2v) is 5.84. The largest absolute Gasteiger partial charge is 0.385 e. The number of nitrogens with one attached hydrogen (secondary N) is 1. The van der Waals surface area contributed by atoms with Crippen molar-refractivity contribution in [2.75, 3.05) is 30.4 Å². The van der Waals surface area contributed by atoms with Crippen LogP contribution in [0.4, 0.5) is 11.4 Å². The summed E-state index contributed by atoms with van der Waals surface area (Å²) in [6, 6.07) is 8.06. The minimum Gasteiger partial charge on any atom is -0.385 e. The normalized spacial score (nSPS) is 15.8. The van der Waals surface area contributed by atoms with Gasteiger partial charge in [-0.25, -0.2) is 0 Å². The van der Waals surface area contributed by atoms with Gasteiger partial charge in [0.2, 0.25) is 5.91 Å². The summed E-state index contributed by atoms with van der Waals surface area (Å²) in [7, 11) is 1.74. The van der Waals surface area contributed by atoms with Crippen LogP contribution in [0, 0.1) is 0 Å². The van der Waals surface area contributed by atoms with Crippen LogP contribution in [0.15, 0.2) is 24.3 Å². The fourth-order valence-electron chi connectivity index (χ4n) is 2.31. The minimum atomic E-state index is -0.116. The summed E-state index contributed by atoms with van der Waals surface area (Å²) in [5.74, 6) is 0.225. The van der Waals surface area contributed by atoms with Crippen molar-refractivity contribution in [1.29, 1.82) is 0 Å². The van der Waals surface area contributed by atoms with E-state index in [2.05, 4.69) is 19.2 Å². The molecule has 0 bridgehead atoms. The molecule has 0 spiro atoms. The molecule has 1 amide bonds. The van der Waals surface area contributed by atoms with Crippen LogP contribution in [-0.2, 0) is 9.53 Å². The molecule has 1 aromatic rings. The van der Waals surface area contributed by atoms with Gasteiger partial charge in [0.15, 0.2) is 0 Å². The summed E-state index contributed by atoms with van der Waals surface area (Å²) in [4.78, 5) is 13.6. The van der Waals surface area contributed by atoms with Gasteiger partial charge in [0.05, 0.1) is 5.60 Å². The van der Waals surface area contributed by atoms with Gasteiger partial charge in [0, 0.05) is 38.0 Å². The first-order valence-corrected chi connectivity index (χ1v) is 7.21. The Hall–Kier alpha value is -1.55. The molecule has 1 heterocycles. The highest BCUT2D eigenvalue weighted by atomic mass is 16.5. The number of hydrogen-bond donors (Lipinski definition) is 1. The number of rotatable bonds is 6. The van der Waals surface area contributed by atoms with Gasteiger partial charge >= 0.3 is 0 Å². The molecule has 0 atom stereocenters. The Morgan fingerprint density at radius 3 is 2.85 bits per heavy atom. The first kappa shape index (κ1) is 14.9. The van der Waals surface area contributed by atoms with Gasteiger partial charge in [-0.15, -0.1) is 0 Å². The third-order valence-electron chi connectivity index (χ3n) is 3.84. The van der Waals surface area contributed by atoms with E-state index in [-0.39, 0.29) is 11.5 Å². The Morgan fingerprint density at radius 2 is 2.20 bits per heavy atom. The summed E-state index contributed by atoms with van der Waals surface area (Å²) >= 11 is 0. The maximum absolute atomic E-state index is 11.8. The van der Waals surface area contributed by atoms with E-state index >= 15 is 0 Å². The van der Waals surface area contributed by atoms with Crippen molar-refractivity contribution in [1.82, 2.24) is 0 Å². The summed E-state index contributed by atoms with van der Waals surface area (Å²) in [6.07, 6.45) is 2.55. The SMILES string of the molecule is COC(C)(C)CCNc1cccc(N2CCCC2=O)c1. The van der Waals surface area contributed by atoms with Crippen molar-refractivity contribution in [2.45, 2.75) is 38.7 Å². The van der Waals surface area contributed by atoms with E-state index in [0.717, 1.165) is 37.3 Å². The predicted molar refractivity (Wildman–Crippen MR) is 82.2 cm³/mol. The monoisotopic (exact) mass is 276 g/mol. The second kappa shape index (κ2) is 6.27. The van der Waals surface area contributed by atoms with E-state index in [9.17, 15) is 4.79 Å².